The minimum absolute atomic E-state index is 0.00970. The van der Waals surface area contributed by atoms with Crippen LogP contribution in [-0.4, -0.2) is 23.9 Å². The molecular formula is C28H25FO8. The summed E-state index contributed by atoms with van der Waals surface area (Å²) in [5.74, 6) is -5.72. The molecule has 2 aromatic carbocycles. The first-order valence-corrected chi connectivity index (χ1v) is 10.7. The largest absolute Gasteiger partial charge is 0.419 e. The van der Waals surface area contributed by atoms with Crippen molar-refractivity contribution in [2.24, 2.45) is 0 Å². The van der Waals surface area contributed by atoms with E-state index in [-0.39, 0.29) is 44.9 Å². The Morgan fingerprint density at radius 2 is 0.973 bits per heavy atom. The summed E-state index contributed by atoms with van der Waals surface area (Å²) >= 11 is 0. The standard InChI is InChI=1S/C28H25FO8/c1-14(2)25(30)34-21-10-9-18(12-22(21)35-26(31)15(3)4)19-11-20(29)24(37-28(33)17(7)8)23(13-19)36-27(32)16(5)6/h9-13H,1,3,5,7H2,2,4,6,8H3. The molecule has 0 spiro atoms. The smallest absolute Gasteiger partial charge is 0.338 e. The van der Waals surface area contributed by atoms with Gasteiger partial charge in [-0.25, -0.2) is 23.6 Å². The number of carbonyl (C=O) groups excluding carboxylic acids is 4. The van der Waals surface area contributed by atoms with Crippen molar-refractivity contribution in [1.29, 1.82) is 0 Å². The number of esters is 4. The molecule has 0 saturated heterocycles. The highest BCUT2D eigenvalue weighted by Crippen LogP contribution is 2.39. The molecule has 0 atom stereocenters. The number of benzene rings is 2. The Kier molecular flexibility index (Phi) is 9.04. The van der Waals surface area contributed by atoms with Crippen LogP contribution in [0.3, 0.4) is 0 Å². The highest BCUT2D eigenvalue weighted by Gasteiger charge is 2.22. The molecule has 0 fully saturated rings. The van der Waals surface area contributed by atoms with Gasteiger partial charge in [-0.15, -0.1) is 0 Å². The molecule has 0 aliphatic rings. The Balaban J connectivity index is 2.66. The van der Waals surface area contributed by atoms with E-state index >= 15 is 4.39 Å². The predicted molar refractivity (Wildman–Crippen MR) is 134 cm³/mol. The van der Waals surface area contributed by atoms with Gasteiger partial charge >= 0.3 is 23.9 Å². The molecule has 0 heterocycles. The summed E-state index contributed by atoms with van der Waals surface area (Å²) in [4.78, 5) is 48.4. The van der Waals surface area contributed by atoms with Crippen LogP contribution < -0.4 is 18.9 Å². The van der Waals surface area contributed by atoms with Crippen LogP contribution in [0.5, 0.6) is 23.0 Å². The summed E-state index contributed by atoms with van der Waals surface area (Å²) in [5, 5.41) is 0. The number of carbonyl (C=O) groups is 4. The number of hydrogen-bond donors (Lipinski definition) is 0. The summed E-state index contributed by atoms with van der Waals surface area (Å²) in [7, 11) is 0. The Morgan fingerprint density at radius 1 is 0.568 bits per heavy atom. The molecule has 37 heavy (non-hydrogen) atoms. The second kappa shape index (κ2) is 11.8. The van der Waals surface area contributed by atoms with Crippen molar-refractivity contribution in [2.75, 3.05) is 0 Å². The first-order valence-electron chi connectivity index (χ1n) is 10.7. The quantitative estimate of drug-likeness (QED) is 0.251. The topological polar surface area (TPSA) is 105 Å². The second-order valence-corrected chi connectivity index (χ2v) is 8.13. The first-order chi connectivity index (χ1) is 17.2. The number of ether oxygens (including phenoxy) is 4. The zero-order valence-electron chi connectivity index (χ0n) is 20.9. The van der Waals surface area contributed by atoms with Crippen LogP contribution in [0.2, 0.25) is 0 Å². The van der Waals surface area contributed by atoms with E-state index in [0.717, 1.165) is 6.07 Å². The van der Waals surface area contributed by atoms with E-state index < -0.39 is 41.2 Å². The van der Waals surface area contributed by atoms with Crippen molar-refractivity contribution in [2.45, 2.75) is 27.7 Å². The normalized spacial score (nSPS) is 10.1. The van der Waals surface area contributed by atoms with Crippen molar-refractivity contribution >= 4 is 23.9 Å². The van der Waals surface area contributed by atoms with Crippen LogP contribution in [0, 0.1) is 5.82 Å². The molecule has 0 aliphatic carbocycles. The zero-order valence-corrected chi connectivity index (χ0v) is 20.9. The van der Waals surface area contributed by atoms with Crippen LogP contribution in [0.25, 0.3) is 11.1 Å². The highest BCUT2D eigenvalue weighted by molar-refractivity contribution is 5.93. The van der Waals surface area contributed by atoms with Crippen molar-refractivity contribution in [1.82, 2.24) is 0 Å². The molecule has 0 amide bonds. The van der Waals surface area contributed by atoms with Crippen LogP contribution in [-0.2, 0) is 19.2 Å². The third-order valence-corrected chi connectivity index (χ3v) is 4.48. The summed E-state index contributed by atoms with van der Waals surface area (Å²) in [5.41, 5.74) is 0.593. The molecule has 2 rings (SSSR count). The Morgan fingerprint density at radius 3 is 1.46 bits per heavy atom. The van der Waals surface area contributed by atoms with Gasteiger partial charge in [0, 0.05) is 22.3 Å². The second-order valence-electron chi connectivity index (χ2n) is 8.13. The van der Waals surface area contributed by atoms with Gasteiger partial charge in [0.2, 0.25) is 5.75 Å². The summed E-state index contributed by atoms with van der Waals surface area (Å²) in [6, 6.07) is 6.32. The minimum Gasteiger partial charge on any atom is -0.419 e. The Hall–Kier alpha value is -4.79. The fourth-order valence-corrected chi connectivity index (χ4v) is 2.50. The maximum Gasteiger partial charge on any atom is 0.338 e. The molecule has 9 heteroatoms. The predicted octanol–water partition coefficient (Wildman–Crippen LogP) is 5.42. The van der Waals surface area contributed by atoms with Gasteiger partial charge in [-0.2, -0.15) is 0 Å². The third kappa shape index (κ3) is 7.35. The monoisotopic (exact) mass is 508 g/mol. The number of hydrogen-bond acceptors (Lipinski definition) is 8. The lowest BCUT2D eigenvalue weighted by Crippen LogP contribution is -2.14. The SMILES string of the molecule is C=C(C)C(=O)Oc1ccc(-c2cc(F)c(OC(=O)C(=C)C)c(OC(=O)C(=C)C)c2)cc1OC(=O)C(=C)C. The van der Waals surface area contributed by atoms with Crippen molar-refractivity contribution in [3.63, 3.8) is 0 Å². The highest BCUT2D eigenvalue weighted by atomic mass is 19.1. The number of halogens is 1. The molecule has 8 nitrogen and oxygen atoms in total. The van der Waals surface area contributed by atoms with Crippen LogP contribution in [0.15, 0.2) is 78.9 Å². The molecule has 0 aliphatic heterocycles. The van der Waals surface area contributed by atoms with Gasteiger partial charge < -0.3 is 18.9 Å². The lowest BCUT2D eigenvalue weighted by molar-refractivity contribution is -0.132. The molecule has 2 aromatic rings. The summed E-state index contributed by atoms with van der Waals surface area (Å²) in [6.45, 7) is 19.5. The molecular weight excluding hydrogens is 483 g/mol. The minimum atomic E-state index is -1.03. The van der Waals surface area contributed by atoms with Gasteiger partial charge in [0.15, 0.2) is 23.1 Å². The first kappa shape index (κ1) is 28.4. The van der Waals surface area contributed by atoms with Gasteiger partial charge in [0.05, 0.1) is 0 Å². The molecule has 0 N–H and O–H groups in total. The number of rotatable bonds is 9. The van der Waals surface area contributed by atoms with E-state index in [1.807, 2.05) is 0 Å². The molecule has 0 saturated carbocycles. The summed E-state index contributed by atoms with van der Waals surface area (Å²) in [6.07, 6.45) is 0. The van der Waals surface area contributed by atoms with Crippen LogP contribution in [0.1, 0.15) is 27.7 Å². The van der Waals surface area contributed by atoms with Crippen molar-refractivity contribution in [3.05, 3.63) is 84.8 Å². The summed E-state index contributed by atoms with van der Waals surface area (Å²) < 4.78 is 35.9. The third-order valence-electron chi connectivity index (χ3n) is 4.48. The fraction of sp³-hybridized carbons (Fsp3) is 0.143. The molecule has 0 aromatic heterocycles. The maximum atomic E-state index is 15.1. The van der Waals surface area contributed by atoms with Gasteiger partial charge in [0.1, 0.15) is 0 Å². The molecule has 0 bridgehead atoms. The van der Waals surface area contributed by atoms with E-state index in [4.69, 9.17) is 18.9 Å². The lowest BCUT2D eigenvalue weighted by atomic mass is 10.0. The Labute approximate surface area is 213 Å². The van der Waals surface area contributed by atoms with Crippen molar-refractivity contribution in [3.8, 4) is 34.1 Å². The lowest BCUT2D eigenvalue weighted by Gasteiger charge is -2.15. The van der Waals surface area contributed by atoms with Gasteiger partial charge in [-0.05, 0) is 63.1 Å². The zero-order chi connectivity index (χ0) is 28.0. The van der Waals surface area contributed by atoms with E-state index in [2.05, 4.69) is 26.3 Å². The van der Waals surface area contributed by atoms with E-state index in [1.165, 1.54) is 52.0 Å². The fourth-order valence-electron chi connectivity index (χ4n) is 2.50. The van der Waals surface area contributed by atoms with Crippen LogP contribution >= 0.6 is 0 Å². The molecule has 0 unspecified atom stereocenters. The molecule has 0 radical (unpaired) electrons. The van der Waals surface area contributed by atoms with Crippen LogP contribution in [0.4, 0.5) is 4.39 Å². The van der Waals surface area contributed by atoms with Crippen molar-refractivity contribution < 1.29 is 42.5 Å². The average Bonchev–Trinajstić information content (AvgIpc) is 2.81. The van der Waals surface area contributed by atoms with E-state index in [9.17, 15) is 19.2 Å². The van der Waals surface area contributed by atoms with Gasteiger partial charge in [-0.1, -0.05) is 32.4 Å². The maximum absolute atomic E-state index is 15.1. The van der Waals surface area contributed by atoms with E-state index in [1.54, 1.807) is 0 Å². The average molecular weight is 508 g/mol. The van der Waals surface area contributed by atoms with E-state index in [0.29, 0.717) is 0 Å². The van der Waals surface area contributed by atoms with Gasteiger partial charge in [-0.3, -0.25) is 0 Å². The Bertz CT molecular complexity index is 1370. The van der Waals surface area contributed by atoms with Gasteiger partial charge in [0.25, 0.3) is 0 Å². The molecule has 192 valence electrons.